The van der Waals surface area contributed by atoms with Gasteiger partial charge in [-0.3, -0.25) is 0 Å². The van der Waals surface area contributed by atoms with Gasteiger partial charge in [-0.2, -0.15) is 0 Å². The van der Waals surface area contributed by atoms with E-state index in [1.807, 2.05) is 0 Å². The van der Waals surface area contributed by atoms with Crippen LogP contribution in [0, 0.1) is 5.39 Å². The number of benzene rings is 1. The van der Waals surface area contributed by atoms with Gasteiger partial charge >= 0.3 is 5.69 Å². The van der Waals surface area contributed by atoms with Crippen molar-refractivity contribution in [3.63, 3.8) is 0 Å². The second kappa shape index (κ2) is 4.81. The molecule has 0 bridgehead atoms. The lowest BCUT2D eigenvalue weighted by atomic mass is 10.2. The lowest BCUT2D eigenvalue weighted by Gasteiger charge is -2.13. The van der Waals surface area contributed by atoms with Gasteiger partial charge in [-0.1, -0.05) is 0 Å². The molecule has 0 amide bonds. The highest BCUT2D eigenvalue weighted by Gasteiger charge is 2.20. The number of hydrogen-bond acceptors (Lipinski definition) is 4. The van der Waals surface area contributed by atoms with Crippen molar-refractivity contribution in [3.05, 3.63) is 23.2 Å². The normalized spacial score (nSPS) is 19.1. The Kier molecular flexibility index (Phi) is 3.22. The molecule has 84 valence electrons. The largest absolute Gasteiger partial charge is 0.493 e. The minimum Gasteiger partial charge on any atom is -0.493 e. The van der Waals surface area contributed by atoms with Crippen molar-refractivity contribution in [2.45, 2.75) is 12.5 Å². The lowest BCUT2D eigenvalue weighted by Crippen LogP contribution is -2.16. The number of methoxy groups -OCH3 is 1. The van der Waals surface area contributed by atoms with E-state index in [0.29, 0.717) is 23.8 Å². The molecular formula is C11H13N2O3+. The van der Waals surface area contributed by atoms with E-state index in [-0.39, 0.29) is 6.10 Å². The quantitative estimate of drug-likeness (QED) is 0.735. The van der Waals surface area contributed by atoms with E-state index >= 15 is 0 Å². The first-order valence-corrected chi connectivity index (χ1v) is 5.11. The Balaban J connectivity index is 2.19. The van der Waals surface area contributed by atoms with E-state index in [4.69, 9.17) is 19.6 Å². The molecule has 0 N–H and O–H groups in total. The van der Waals surface area contributed by atoms with Gasteiger partial charge in [-0.05, 0) is 6.07 Å². The van der Waals surface area contributed by atoms with Crippen LogP contribution in [-0.4, -0.2) is 26.4 Å². The molecule has 1 saturated heterocycles. The highest BCUT2D eigenvalue weighted by atomic mass is 16.6. The smallest absolute Gasteiger partial charge is 0.389 e. The second-order valence-electron chi connectivity index (χ2n) is 3.54. The van der Waals surface area contributed by atoms with E-state index in [2.05, 4.69) is 4.98 Å². The molecule has 0 aromatic heterocycles. The summed E-state index contributed by atoms with van der Waals surface area (Å²) >= 11 is 0. The van der Waals surface area contributed by atoms with Gasteiger partial charge in [-0.25, -0.2) is 0 Å². The number of rotatable bonds is 3. The van der Waals surface area contributed by atoms with Crippen LogP contribution in [0.5, 0.6) is 11.5 Å². The molecular weight excluding hydrogens is 208 g/mol. The van der Waals surface area contributed by atoms with E-state index in [1.54, 1.807) is 25.3 Å². The van der Waals surface area contributed by atoms with Crippen LogP contribution >= 0.6 is 0 Å². The molecule has 0 spiro atoms. The van der Waals surface area contributed by atoms with Gasteiger partial charge in [0.05, 0.1) is 26.4 Å². The SMILES string of the molecule is COc1ccc([N+]#N)cc1OC1CCOC1. The summed E-state index contributed by atoms with van der Waals surface area (Å²) in [5, 5.41) is 8.69. The summed E-state index contributed by atoms with van der Waals surface area (Å²) < 4.78 is 16.1. The molecule has 0 saturated carbocycles. The van der Waals surface area contributed by atoms with Crippen molar-refractivity contribution in [2.75, 3.05) is 20.3 Å². The van der Waals surface area contributed by atoms with Crippen molar-refractivity contribution >= 4 is 5.69 Å². The molecule has 1 unspecified atom stereocenters. The molecule has 1 aliphatic rings. The molecule has 1 heterocycles. The average molecular weight is 221 g/mol. The Morgan fingerprint density at radius 2 is 2.31 bits per heavy atom. The Bertz CT molecular complexity index is 408. The van der Waals surface area contributed by atoms with Crippen molar-refractivity contribution in [2.24, 2.45) is 0 Å². The zero-order valence-corrected chi connectivity index (χ0v) is 9.05. The molecule has 5 heteroatoms. The molecule has 1 aromatic rings. The van der Waals surface area contributed by atoms with E-state index < -0.39 is 0 Å². The lowest BCUT2D eigenvalue weighted by molar-refractivity contribution is 0.139. The average Bonchev–Trinajstić information content (AvgIpc) is 2.82. The minimum atomic E-state index is 0.0443. The molecule has 1 aromatic carbocycles. The topological polar surface area (TPSA) is 55.8 Å². The van der Waals surface area contributed by atoms with E-state index in [9.17, 15) is 0 Å². The fourth-order valence-corrected chi connectivity index (χ4v) is 1.61. The van der Waals surface area contributed by atoms with Crippen LogP contribution in [-0.2, 0) is 4.74 Å². The zero-order chi connectivity index (χ0) is 11.4. The van der Waals surface area contributed by atoms with Crippen LogP contribution in [0.4, 0.5) is 5.69 Å². The summed E-state index contributed by atoms with van der Waals surface area (Å²) in [7, 11) is 1.57. The predicted octanol–water partition coefficient (Wildman–Crippen LogP) is 2.35. The number of diazo groups is 1. The van der Waals surface area contributed by atoms with Crippen LogP contribution in [0.25, 0.3) is 4.98 Å². The van der Waals surface area contributed by atoms with Gasteiger partial charge in [0, 0.05) is 12.5 Å². The number of hydrogen-bond donors (Lipinski definition) is 0. The monoisotopic (exact) mass is 221 g/mol. The standard InChI is InChI=1S/C11H13N2O3/c1-14-10-3-2-8(13-12)6-11(10)16-9-4-5-15-7-9/h2-3,6,9H,4-5,7H2,1H3/q+1. The third kappa shape index (κ3) is 2.23. The van der Waals surface area contributed by atoms with Gasteiger partial charge in [0.15, 0.2) is 16.5 Å². The van der Waals surface area contributed by atoms with Gasteiger partial charge in [-0.15, -0.1) is 0 Å². The van der Waals surface area contributed by atoms with Gasteiger partial charge < -0.3 is 14.2 Å². The van der Waals surface area contributed by atoms with E-state index in [0.717, 1.165) is 13.0 Å². The molecule has 5 nitrogen and oxygen atoms in total. The Hall–Kier alpha value is -1.80. The third-order valence-electron chi connectivity index (χ3n) is 2.44. The fraction of sp³-hybridized carbons (Fsp3) is 0.455. The first kappa shape index (κ1) is 10.7. The van der Waals surface area contributed by atoms with Gasteiger partial charge in [0.25, 0.3) is 0 Å². The van der Waals surface area contributed by atoms with Gasteiger partial charge in [0.2, 0.25) is 5.39 Å². The predicted molar refractivity (Wildman–Crippen MR) is 57.6 cm³/mol. The molecule has 0 radical (unpaired) electrons. The van der Waals surface area contributed by atoms with Crippen molar-refractivity contribution in [1.82, 2.24) is 0 Å². The fourth-order valence-electron chi connectivity index (χ4n) is 1.61. The van der Waals surface area contributed by atoms with Crippen molar-refractivity contribution < 1.29 is 14.2 Å². The summed E-state index contributed by atoms with van der Waals surface area (Å²) in [4.78, 5) is 3.11. The third-order valence-corrected chi connectivity index (χ3v) is 2.44. The summed E-state index contributed by atoms with van der Waals surface area (Å²) in [6.07, 6.45) is 0.909. The van der Waals surface area contributed by atoms with Crippen LogP contribution in [0.1, 0.15) is 6.42 Å². The molecule has 1 fully saturated rings. The number of ether oxygens (including phenoxy) is 3. The van der Waals surface area contributed by atoms with E-state index in [1.165, 1.54) is 0 Å². The van der Waals surface area contributed by atoms with Crippen LogP contribution in [0.2, 0.25) is 0 Å². The Morgan fingerprint density at radius 1 is 1.44 bits per heavy atom. The Morgan fingerprint density at radius 3 is 2.94 bits per heavy atom. The highest BCUT2D eigenvalue weighted by molar-refractivity contribution is 5.55. The van der Waals surface area contributed by atoms with Crippen LogP contribution in [0.3, 0.4) is 0 Å². The second-order valence-corrected chi connectivity index (χ2v) is 3.54. The zero-order valence-electron chi connectivity index (χ0n) is 9.05. The summed E-state index contributed by atoms with van der Waals surface area (Å²) in [5.74, 6) is 1.20. The van der Waals surface area contributed by atoms with Crippen molar-refractivity contribution in [3.8, 4) is 11.5 Å². The summed E-state index contributed by atoms with van der Waals surface area (Å²) in [6, 6.07) is 4.99. The minimum absolute atomic E-state index is 0.0443. The summed E-state index contributed by atoms with van der Waals surface area (Å²) in [5.41, 5.74) is 0.440. The molecule has 0 aliphatic carbocycles. The molecule has 2 rings (SSSR count). The maximum atomic E-state index is 8.69. The molecule has 16 heavy (non-hydrogen) atoms. The van der Waals surface area contributed by atoms with Crippen LogP contribution < -0.4 is 9.47 Å². The Labute approximate surface area is 93.6 Å². The van der Waals surface area contributed by atoms with Gasteiger partial charge in [0.1, 0.15) is 6.10 Å². The first-order valence-electron chi connectivity index (χ1n) is 5.11. The maximum Gasteiger partial charge on any atom is 0.389 e. The van der Waals surface area contributed by atoms with Crippen LogP contribution in [0.15, 0.2) is 18.2 Å². The summed E-state index contributed by atoms with van der Waals surface area (Å²) in [6.45, 7) is 1.31. The molecule has 1 aliphatic heterocycles. The molecule has 1 atom stereocenters. The number of nitrogens with zero attached hydrogens (tertiary/aromatic N) is 2. The maximum absolute atomic E-state index is 8.69. The highest BCUT2D eigenvalue weighted by Crippen LogP contribution is 2.33. The van der Waals surface area contributed by atoms with Crippen molar-refractivity contribution in [1.29, 1.82) is 5.39 Å². The first-order chi connectivity index (χ1) is 7.83.